The molecule has 0 saturated heterocycles. The van der Waals surface area contributed by atoms with Gasteiger partial charge in [0.05, 0.1) is 18.8 Å². The molecule has 0 spiro atoms. The van der Waals surface area contributed by atoms with Crippen molar-refractivity contribution in [2.75, 3.05) is 25.4 Å². The van der Waals surface area contributed by atoms with Crippen LogP contribution in [0, 0.1) is 0 Å². The van der Waals surface area contributed by atoms with E-state index in [-0.39, 0.29) is 12.2 Å². The first-order chi connectivity index (χ1) is 8.47. The number of hydrogen-bond acceptors (Lipinski definition) is 4. The van der Waals surface area contributed by atoms with Crippen molar-refractivity contribution in [2.45, 2.75) is 46.5 Å². The molecular formula is C12H25NO4S. The molecule has 18 heavy (non-hydrogen) atoms. The zero-order valence-electron chi connectivity index (χ0n) is 11.6. The Kier molecular flexibility index (Phi) is 9.01. The standard InChI is InChI=1S/C12H25NO4S/c1-4-8-13(9-5-2)18(15,16)11-7-12(14)17-10-6-3/h4-11H2,1-3H3. The second kappa shape index (κ2) is 9.33. The SMILES string of the molecule is CCCOC(=O)CCS(=O)(=O)N(CCC)CCC. The maximum Gasteiger partial charge on any atom is 0.306 e. The van der Waals surface area contributed by atoms with Crippen molar-refractivity contribution in [3.63, 3.8) is 0 Å². The van der Waals surface area contributed by atoms with Gasteiger partial charge >= 0.3 is 5.97 Å². The predicted octanol–water partition coefficient (Wildman–Crippen LogP) is 1.78. The average Bonchev–Trinajstić information content (AvgIpc) is 2.33. The van der Waals surface area contributed by atoms with Gasteiger partial charge in [-0.15, -0.1) is 0 Å². The molecule has 0 heterocycles. The molecule has 0 unspecified atom stereocenters. The zero-order valence-corrected chi connectivity index (χ0v) is 12.5. The van der Waals surface area contributed by atoms with E-state index in [0.717, 1.165) is 19.3 Å². The number of rotatable bonds is 10. The van der Waals surface area contributed by atoms with Crippen LogP contribution in [-0.2, 0) is 19.6 Å². The molecule has 0 radical (unpaired) electrons. The van der Waals surface area contributed by atoms with E-state index in [4.69, 9.17) is 4.74 Å². The summed E-state index contributed by atoms with van der Waals surface area (Å²) < 4.78 is 30.3. The number of ether oxygens (including phenoxy) is 1. The largest absolute Gasteiger partial charge is 0.466 e. The van der Waals surface area contributed by atoms with E-state index >= 15 is 0 Å². The third kappa shape index (κ3) is 6.96. The van der Waals surface area contributed by atoms with Crippen molar-refractivity contribution in [1.82, 2.24) is 4.31 Å². The second-order valence-corrected chi connectivity index (χ2v) is 6.27. The smallest absolute Gasteiger partial charge is 0.306 e. The Morgan fingerprint density at radius 3 is 2.06 bits per heavy atom. The van der Waals surface area contributed by atoms with Crippen LogP contribution in [0.4, 0.5) is 0 Å². The van der Waals surface area contributed by atoms with Gasteiger partial charge in [-0.05, 0) is 19.3 Å². The minimum atomic E-state index is -3.33. The van der Waals surface area contributed by atoms with Crippen molar-refractivity contribution >= 4 is 16.0 Å². The fourth-order valence-electron chi connectivity index (χ4n) is 1.52. The highest BCUT2D eigenvalue weighted by atomic mass is 32.2. The van der Waals surface area contributed by atoms with Gasteiger partial charge in [-0.1, -0.05) is 20.8 Å². The molecule has 0 aliphatic heterocycles. The van der Waals surface area contributed by atoms with Crippen molar-refractivity contribution < 1.29 is 17.9 Å². The molecule has 0 atom stereocenters. The van der Waals surface area contributed by atoms with Crippen LogP contribution in [0.5, 0.6) is 0 Å². The van der Waals surface area contributed by atoms with Crippen molar-refractivity contribution in [3.8, 4) is 0 Å². The van der Waals surface area contributed by atoms with Gasteiger partial charge in [0.25, 0.3) is 0 Å². The third-order valence-corrected chi connectivity index (χ3v) is 4.24. The normalized spacial score (nSPS) is 11.8. The Hall–Kier alpha value is -0.620. The lowest BCUT2D eigenvalue weighted by molar-refractivity contribution is -0.143. The van der Waals surface area contributed by atoms with Crippen molar-refractivity contribution in [1.29, 1.82) is 0 Å². The molecule has 0 saturated carbocycles. The molecule has 0 aromatic heterocycles. The summed E-state index contributed by atoms with van der Waals surface area (Å²) in [7, 11) is -3.33. The predicted molar refractivity (Wildman–Crippen MR) is 71.8 cm³/mol. The Morgan fingerprint density at radius 2 is 1.61 bits per heavy atom. The lowest BCUT2D eigenvalue weighted by Gasteiger charge is -2.20. The number of carbonyl (C=O) groups is 1. The summed E-state index contributed by atoms with van der Waals surface area (Å²) in [6, 6.07) is 0. The van der Waals surface area contributed by atoms with Crippen LogP contribution in [-0.4, -0.2) is 44.1 Å². The van der Waals surface area contributed by atoms with E-state index < -0.39 is 16.0 Å². The number of nitrogens with zero attached hydrogens (tertiary/aromatic N) is 1. The zero-order chi connectivity index (χ0) is 14.0. The molecular weight excluding hydrogens is 254 g/mol. The summed E-state index contributed by atoms with van der Waals surface area (Å²) in [6.45, 7) is 7.16. The summed E-state index contributed by atoms with van der Waals surface area (Å²) in [4.78, 5) is 11.3. The average molecular weight is 279 g/mol. The van der Waals surface area contributed by atoms with Crippen LogP contribution in [0.15, 0.2) is 0 Å². The first-order valence-electron chi connectivity index (χ1n) is 6.61. The first kappa shape index (κ1) is 17.4. The van der Waals surface area contributed by atoms with E-state index in [1.54, 1.807) is 0 Å². The summed E-state index contributed by atoms with van der Waals surface area (Å²) in [5, 5.41) is 0. The van der Waals surface area contributed by atoms with Crippen LogP contribution in [0.25, 0.3) is 0 Å². The van der Waals surface area contributed by atoms with Crippen molar-refractivity contribution in [2.24, 2.45) is 0 Å². The third-order valence-electron chi connectivity index (χ3n) is 2.37. The molecule has 0 bridgehead atoms. The van der Waals surface area contributed by atoms with Crippen LogP contribution in [0.2, 0.25) is 0 Å². The van der Waals surface area contributed by atoms with E-state index in [2.05, 4.69) is 0 Å². The monoisotopic (exact) mass is 279 g/mol. The van der Waals surface area contributed by atoms with Crippen LogP contribution in [0.3, 0.4) is 0 Å². The summed E-state index contributed by atoms with van der Waals surface area (Å²) in [5.41, 5.74) is 0. The topological polar surface area (TPSA) is 63.7 Å². The van der Waals surface area contributed by atoms with Crippen LogP contribution < -0.4 is 0 Å². The van der Waals surface area contributed by atoms with Gasteiger partial charge in [-0.2, -0.15) is 0 Å². The maximum atomic E-state index is 12.0. The quantitative estimate of drug-likeness (QED) is 0.572. The Balaban J connectivity index is 4.30. The molecule has 0 fully saturated rings. The lowest BCUT2D eigenvalue weighted by atomic mass is 10.4. The number of carbonyl (C=O) groups excluding carboxylic acids is 1. The van der Waals surface area contributed by atoms with Gasteiger partial charge in [0.15, 0.2) is 0 Å². The molecule has 0 rings (SSSR count). The number of hydrogen-bond donors (Lipinski definition) is 0. The summed E-state index contributed by atoms with van der Waals surface area (Å²) >= 11 is 0. The van der Waals surface area contributed by atoms with Gasteiger partial charge in [0.1, 0.15) is 0 Å². The van der Waals surface area contributed by atoms with Gasteiger partial charge in [-0.25, -0.2) is 12.7 Å². The van der Waals surface area contributed by atoms with Gasteiger partial charge < -0.3 is 4.74 Å². The molecule has 6 heteroatoms. The summed E-state index contributed by atoms with van der Waals surface area (Å²) in [6.07, 6.45) is 2.24. The Bertz CT molecular complexity index is 321. The molecule has 108 valence electrons. The van der Waals surface area contributed by atoms with Gasteiger partial charge in [0.2, 0.25) is 10.0 Å². The van der Waals surface area contributed by atoms with E-state index in [9.17, 15) is 13.2 Å². The summed E-state index contributed by atoms with van der Waals surface area (Å²) in [5.74, 6) is -0.594. The minimum absolute atomic E-state index is 0.0632. The van der Waals surface area contributed by atoms with E-state index in [0.29, 0.717) is 19.7 Å². The fraction of sp³-hybridized carbons (Fsp3) is 0.917. The van der Waals surface area contributed by atoms with Crippen molar-refractivity contribution in [3.05, 3.63) is 0 Å². The molecule has 0 aromatic carbocycles. The van der Waals surface area contributed by atoms with E-state index in [1.807, 2.05) is 20.8 Å². The minimum Gasteiger partial charge on any atom is -0.466 e. The lowest BCUT2D eigenvalue weighted by Crippen LogP contribution is -2.35. The first-order valence-corrected chi connectivity index (χ1v) is 8.22. The maximum absolute atomic E-state index is 12.0. The molecule has 0 aliphatic rings. The number of sulfonamides is 1. The molecule has 0 amide bonds. The molecule has 0 N–H and O–H groups in total. The Labute approximate surface area is 111 Å². The van der Waals surface area contributed by atoms with Crippen LogP contribution >= 0.6 is 0 Å². The van der Waals surface area contributed by atoms with Gasteiger partial charge in [-0.3, -0.25) is 4.79 Å². The fourth-order valence-corrected chi connectivity index (χ4v) is 3.12. The van der Waals surface area contributed by atoms with E-state index in [1.165, 1.54) is 4.31 Å². The Morgan fingerprint density at radius 1 is 1.06 bits per heavy atom. The van der Waals surface area contributed by atoms with Crippen LogP contribution in [0.1, 0.15) is 46.5 Å². The number of esters is 1. The second-order valence-electron chi connectivity index (χ2n) is 4.19. The van der Waals surface area contributed by atoms with Gasteiger partial charge in [0, 0.05) is 13.1 Å². The highest BCUT2D eigenvalue weighted by Crippen LogP contribution is 2.06. The molecule has 5 nitrogen and oxygen atoms in total. The molecule has 0 aromatic rings. The molecule has 0 aliphatic carbocycles. The highest BCUT2D eigenvalue weighted by molar-refractivity contribution is 7.89. The highest BCUT2D eigenvalue weighted by Gasteiger charge is 2.21.